The van der Waals surface area contributed by atoms with E-state index in [4.69, 9.17) is 9.72 Å². The molecule has 0 spiro atoms. The average Bonchev–Trinajstić information content (AvgIpc) is 3.55. The predicted molar refractivity (Wildman–Crippen MR) is 139 cm³/mol. The van der Waals surface area contributed by atoms with E-state index in [1.807, 2.05) is 47.1 Å². The third-order valence-electron chi connectivity index (χ3n) is 7.23. The van der Waals surface area contributed by atoms with Crippen LogP contribution in [0.3, 0.4) is 0 Å². The van der Waals surface area contributed by atoms with Crippen molar-refractivity contribution in [2.75, 3.05) is 13.1 Å². The molecular formula is C28H28N6O3. The minimum absolute atomic E-state index is 0.0723. The number of hydrogen-bond donors (Lipinski definition) is 1. The highest BCUT2D eigenvalue weighted by molar-refractivity contribution is 5.92. The van der Waals surface area contributed by atoms with Crippen LogP contribution in [0.25, 0.3) is 16.6 Å². The Labute approximate surface area is 213 Å². The summed E-state index contributed by atoms with van der Waals surface area (Å²) in [6, 6.07) is 19.0. The van der Waals surface area contributed by atoms with E-state index in [9.17, 15) is 9.90 Å². The number of likely N-dealkylation sites (tertiary alicyclic amines) is 1. The van der Waals surface area contributed by atoms with Gasteiger partial charge in [0.2, 0.25) is 5.88 Å². The summed E-state index contributed by atoms with van der Waals surface area (Å²) in [5.74, 6) is 0.0463. The summed E-state index contributed by atoms with van der Waals surface area (Å²) in [7, 11) is 0. The molecule has 4 aromatic heterocycles. The Morgan fingerprint density at radius 1 is 1.11 bits per heavy atom. The molecule has 9 nitrogen and oxygen atoms in total. The summed E-state index contributed by atoms with van der Waals surface area (Å²) >= 11 is 0. The predicted octanol–water partition coefficient (Wildman–Crippen LogP) is 4.75. The van der Waals surface area contributed by atoms with Crippen LogP contribution < -0.4 is 4.74 Å². The lowest BCUT2D eigenvalue weighted by Crippen LogP contribution is -2.37. The number of ether oxygens (including phenoxy) is 1. The normalized spacial score (nSPS) is 15.8. The molecule has 0 radical (unpaired) electrons. The average molecular weight is 497 g/mol. The summed E-state index contributed by atoms with van der Waals surface area (Å²) in [6.07, 6.45) is 5.77. The third-order valence-corrected chi connectivity index (χ3v) is 7.23. The van der Waals surface area contributed by atoms with Gasteiger partial charge >= 0.3 is 5.97 Å². The van der Waals surface area contributed by atoms with Crippen LogP contribution in [-0.2, 0) is 6.61 Å². The second-order valence-corrected chi connectivity index (χ2v) is 9.50. The molecule has 1 fully saturated rings. The van der Waals surface area contributed by atoms with Crippen molar-refractivity contribution in [3.63, 3.8) is 0 Å². The summed E-state index contributed by atoms with van der Waals surface area (Å²) in [4.78, 5) is 23.1. The lowest BCUT2D eigenvalue weighted by molar-refractivity contribution is 0.0697. The number of piperidine rings is 1. The molecule has 0 saturated carbocycles. The number of carboxylic acid groups (broad SMARTS) is 1. The van der Waals surface area contributed by atoms with Crippen molar-refractivity contribution >= 4 is 22.5 Å². The van der Waals surface area contributed by atoms with Crippen molar-refractivity contribution in [1.29, 1.82) is 0 Å². The standard InChI is InChI=1S/C28H28N6O3/c1-19(33-18-29-25-9-8-21(28(35)36)15-26(25)33)32-13-10-20(11-14-32)24-6-4-7-27(30-24)37-17-22-16-23-5-2-3-12-34(23)31-22/h2-9,12,15-16,18-20H,10-11,13-14,17H2,1H3,(H,35,36)/t19-/m0/s1. The topological polar surface area (TPSA) is 97.8 Å². The molecule has 0 aliphatic carbocycles. The van der Waals surface area contributed by atoms with Crippen LogP contribution in [0.5, 0.6) is 5.88 Å². The molecule has 1 aromatic carbocycles. The van der Waals surface area contributed by atoms with Gasteiger partial charge in [-0.05, 0) is 62.2 Å². The first-order valence-electron chi connectivity index (χ1n) is 12.5. The SMILES string of the molecule is C[C@@H](N1CCC(c2cccc(OCc3cc4ccccn4n3)n2)CC1)n1cnc2ccc(C(=O)O)cc21. The quantitative estimate of drug-likeness (QED) is 0.347. The Hall–Kier alpha value is -4.24. The molecule has 37 heavy (non-hydrogen) atoms. The zero-order valence-electron chi connectivity index (χ0n) is 20.6. The van der Waals surface area contributed by atoms with Gasteiger partial charge in [0, 0.05) is 37.0 Å². The van der Waals surface area contributed by atoms with E-state index in [2.05, 4.69) is 32.5 Å². The number of carbonyl (C=O) groups is 1. The van der Waals surface area contributed by atoms with Crippen LogP contribution in [0.1, 0.15) is 53.6 Å². The summed E-state index contributed by atoms with van der Waals surface area (Å²) in [5.41, 5.74) is 4.87. The highest BCUT2D eigenvalue weighted by atomic mass is 16.5. The molecule has 5 aromatic rings. The largest absolute Gasteiger partial charge is 0.478 e. The van der Waals surface area contributed by atoms with Gasteiger partial charge in [0.1, 0.15) is 12.3 Å². The highest BCUT2D eigenvalue weighted by Gasteiger charge is 2.26. The van der Waals surface area contributed by atoms with Crippen LogP contribution in [0, 0.1) is 0 Å². The molecule has 0 amide bonds. The van der Waals surface area contributed by atoms with Crippen LogP contribution in [0.15, 0.2) is 73.2 Å². The molecule has 0 unspecified atom stereocenters. The van der Waals surface area contributed by atoms with Crippen LogP contribution >= 0.6 is 0 Å². The Morgan fingerprint density at radius 2 is 1.97 bits per heavy atom. The number of imidazole rings is 1. The van der Waals surface area contributed by atoms with Gasteiger partial charge in [-0.25, -0.2) is 19.3 Å². The monoisotopic (exact) mass is 496 g/mol. The second-order valence-electron chi connectivity index (χ2n) is 9.50. The van der Waals surface area contributed by atoms with Gasteiger partial charge in [-0.1, -0.05) is 12.1 Å². The molecular weight excluding hydrogens is 468 g/mol. The van der Waals surface area contributed by atoms with E-state index in [0.717, 1.165) is 53.9 Å². The zero-order chi connectivity index (χ0) is 25.4. The lowest BCUT2D eigenvalue weighted by Gasteiger charge is -2.36. The zero-order valence-corrected chi connectivity index (χ0v) is 20.6. The maximum absolute atomic E-state index is 11.4. The van der Waals surface area contributed by atoms with Crippen LogP contribution in [0.4, 0.5) is 0 Å². The van der Waals surface area contributed by atoms with Crippen molar-refractivity contribution in [2.24, 2.45) is 0 Å². The number of rotatable bonds is 7. The van der Waals surface area contributed by atoms with Crippen molar-refractivity contribution in [3.05, 3.63) is 90.1 Å². The van der Waals surface area contributed by atoms with Crippen molar-refractivity contribution < 1.29 is 14.6 Å². The van der Waals surface area contributed by atoms with Gasteiger partial charge in [-0.3, -0.25) is 4.90 Å². The van der Waals surface area contributed by atoms with Gasteiger partial charge in [-0.2, -0.15) is 5.10 Å². The summed E-state index contributed by atoms with van der Waals surface area (Å²) in [5, 5.41) is 13.9. The number of benzene rings is 1. The van der Waals surface area contributed by atoms with Crippen LogP contribution in [-0.4, -0.2) is 53.2 Å². The number of fused-ring (bicyclic) bond motifs is 2. The first kappa shape index (κ1) is 23.2. The molecule has 6 rings (SSSR count). The molecule has 1 saturated heterocycles. The number of hydrogen-bond acceptors (Lipinski definition) is 6. The van der Waals surface area contributed by atoms with Crippen molar-refractivity contribution in [1.82, 2.24) is 29.0 Å². The Morgan fingerprint density at radius 3 is 2.78 bits per heavy atom. The van der Waals surface area contributed by atoms with Crippen LogP contribution in [0.2, 0.25) is 0 Å². The van der Waals surface area contributed by atoms with E-state index in [1.165, 1.54) is 0 Å². The molecule has 1 atom stereocenters. The number of pyridine rings is 2. The molecule has 5 heterocycles. The van der Waals surface area contributed by atoms with Gasteiger partial charge < -0.3 is 14.4 Å². The van der Waals surface area contributed by atoms with E-state index in [0.29, 0.717) is 18.4 Å². The smallest absolute Gasteiger partial charge is 0.335 e. The molecule has 1 aliphatic rings. The van der Waals surface area contributed by atoms with E-state index in [1.54, 1.807) is 24.5 Å². The Balaban J connectivity index is 1.10. The number of carboxylic acids is 1. The fraction of sp³-hybridized carbons (Fsp3) is 0.286. The van der Waals surface area contributed by atoms with E-state index >= 15 is 0 Å². The first-order chi connectivity index (χ1) is 18.0. The Kier molecular flexibility index (Phi) is 6.05. The number of nitrogens with zero attached hydrogens (tertiary/aromatic N) is 6. The fourth-order valence-corrected chi connectivity index (χ4v) is 5.15. The summed E-state index contributed by atoms with van der Waals surface area (Å²) in [6.45, 7) is 4.34. The van der Waals surface area contributed by atoms with Crippen molar-refractivity contribution in [3.8, 4) is 5.88 Å². The maximum Gasteiger partial charge on any atom is 0.335 e. The number of aromatic carboxylic acids is 1. The van der Waals surface area contributed by atoms with Gasteiger partial charge in [-0.15, -0.1) is 0 Å². The molecule has 1 aliphatic heterocycles. The lowest BCUT2D eigenvalue weighted by atomic mass is 9.93. The van der Waals surface area contributed by atoms with Gasteiger partial charge in [0.15, 0.2) is 0 Å². The van der Waals surface area contributed by atoms with E-state index < -0.39 is 5.97 Å². The maximum atomic E-state index is 11.4. The fourth-order valence-electron chi connectivity index (χ4n) is 5.15. The van der Waals surface area contributed by atoms with E-state index in [-0.39, 0.29) is 11.7 Å². The minimum atomic E-state index is -0.930. The molecule has 0 bridgehead atoms. The first-order valence-corrected chi connectivity index (χ1v) is 12.5. The highest BCUT2D eigenvalue weighted by Crippen LogP contribution is 2.31. The molecule has 9 heteroatoms. The minimum Gasteiger partial charge on any atom is -0.478 e. The van der Waals surface area contributed by atoms with Crippen molar-refractivity contribution in [2.45, 2.75) is 38.5 Å². The Bertz CT molecular complexity index is 1530. The van der Waals surface area contributed by atoms with Gasteiger partial charge in [0.05, 0.1) is 34.6 Å². The second kappa shape index (κ2) is 9.67. The van der Waals surface area contributed by atoms with Gasteiger partial charge in [0.25, 0.3) is 0 Å². The third kappa shape index (κ3) is 4.65. The molecule has 1 N–H and O–H groups in total. The molecule has 188 valence electrons. The summed E-state index contributed by atoms with van der Waals surface area (Å²) < 4.78 is 9.89. The number of aromatic nitrogens is 5.